The highest BCUT2D eigenvalue weighted by Crippen LogP contribution is 2.34. The summed E-state index contributed by atoms with van der Waals surface area (Å²) < 4.78 is 15.3. The van der Waals surface area contributed by atoms with Crippen molar-refractivity contribution in [3.63, 3.8) is 0 Å². The summed E-state index contributed by atoms with van der Waals surface area (Å²) in [7, 11) is 0. The van der Waals surface area contributed by atoms with E-state index in [0.29, 0.717) is 78.2 Å². The van der Waals surface area contributed by atoms with Gasteiger partial charge in [-0.15, -0.1) is 0 Å². The van der Waals surface area contributed by atoms with Crippen molar-refractivity contribution >= 4 is 63.4 Å². The largest absolute Gasteiger partial charge is 0.481 e. The van der Waals surface area contributed by atoms with Crippen LogP contribution in [0.1, 0.15) is 36.8 Å². The van der Waals surface area contributed by atoms with Crippen molar-refractivity contribution in [1.29, 1.82) is 0 Å². The van der Waals surface area contributed by atoms with Crippen LogP contribution in [0.3, 0.4) is 0 Å². The lowest BCUT2D eigenvalue weighted by Gasteiger charge is -2.37. The van der Waals surface area contributed by atoms with E-state index in [0.717, 1.165) is 23.0 Å². The molecule has 2 aromatic heterocycles. The Bertz CT molecular complexity index is 1580. The molecule has 3 aromatic rings. The Morgan fingerprint density at radius 1 is 1.05 bits per heavy atom. The number of carbonyl (C=O) groups excluding carboxylic acids is 1. The molecule has 0 saturated carbocycles. The van der Waals surface area contributed by atoms with Gasteiger partial charge in [-0.3, -0.25) is 23.7 Å². The Labute approximate surface area is 246 Å². The highest BCUT2D eigenvalue weighted by atomic mass is 32.2. The molecule has 4 heterocycles. The van der Waals surface area contributed by atoms with E-state index in [4.69, 9.17) is 22.3 Å². The van der Waals surface area contributed by atoms with Crippen molar-refractivity contribution in [2.45, 2.75) is 32.6 Å². The number of thioether (sulfide) groups is 1. The number of pyridine rings is 1. The van der Waals surface area contributed by atoms with Gasteiger partial charge in [0.25, 0.3) is 11.5 Å². The number of aryl methyl sites for hydroxylation is 1. The number of rotatable bonds is 9. The van der Waals surface area contributed by atoms with E-state index in [1.165, 1.54) is 21.4 Å². The van der Waals surface area contributed by atoms with Gasteiger partial charge in [0.2, 0.25) is 0 Å². The molecule has 1 aromatic carbocycles. The second-order valence-electron chi connectivity index (χ2n) is 10.1. The van der Waals surface area contributed by atoms with Crippen molar-refractivity contribution in [3.8, 4) is 0 Å². The first-order valence-electron chi connectivity index (χ1n) is 13.5. The number of carboxylic acid groups (broad SMARTS) is 1. The van der Waals surface area contributed by atoms with Crippen molar-refractivity contribution in [2.24, 2.45) is 0 Å². The second-order valence-corrected chi connectivity index (χ2v) is 11.8. The first-order chi connectivity index (χ1) is 19.7. The maximum absolute atomic E-state index is 13.8. The smallest absolute Gasteiger partial charge is 0.303 e. The lowest BCUT2D eigenvalue weighted by molar-refractivity contribution is -0.137. The van der Waals surface area contributed by atoms with Gasteiger partial charge in [0.1, 0.15) is 21.6 Å². The quantitative estimate of drug-likeness (QED) is 0.220. The van der Waals surface area contributed by atoms with Crippen molar-refractivity contribution < 1.29 is 19.1 Å². The lowest BCUT2D eigenvalue weighted by Crippen LogP contribution is -2.47. The molecule has 214 valence electrons. The highest BCUT2D eigenvalue weighted by Gasteiger charge is 2.33. The molecule has 12 heteroatoms. The van der Waals surface area contributed by atoms with E-state index >= 15 is 0 Å². The third-order valence-corrected chi connectivity index (χ3v) is 8.56. The number of benzene rings is 1. The number of fused-ring (bicyclic) bond motifs is 1. The fraction of sp³-hybridized carbons (Fsp3) is 0.345. The van der Waals surface area contributed by atoms with E-state index in [-0.39, 0.29) is 23.7 Å². The number of unbranched alkanes of at least 4 members (excludes halogenated alkanes) is 2. The number of aromatic nitrogens is 2. The summed E-state index contributed by atoms with van der Waals surface area (Å²) in [6, 6.07) is 10.1. The number of carboxylic acids is 1. The van der Waals surface area contributed by atoms with Crippen molar-refractivity contribution in [1.82, 2.24) is 14.3 Å². The molecule has 0 spiro atoms. The van der Waals surface area contributed by atoms with E-state index in [1.54, 1.807) is 24.4 Å². The molecular weight excluding hydrogens is 565 g/mol. The summed E-state index contributed by atoms with van der Waals surface area (Å²) in [6.45, 7) is 4.78. The number of hydrogen-bond donors (Lipinski definition) is 1. The van der Waals surface area contributed by atoms with E-state index in [2.05, 4.69) is 9.80 Å². The fourth-order valence-electron chi connectivity index (χ4n) is 4.99. The van der Waals surface area contributed by atoms with Gasteiger partial charge in [-0.2, -0.15) is 0 Å². The number of anilines is 2. The number of piperazine rings is 1. The number of halogens is 1. The standard InChI is InChI=1S/C29H30FN5O4S2/c1-19-6-11-24-31-26(33-15-13-32(14-16-33)21-9-7-20(30)8-10-21)22(27(38)35(24)18-19)17-23-28(39)34(29(40)41-23)12-4-2-3-5-25(36)37/h6-11,17-18H,2-5,12-16H2,1H3,(H,36,37)/b23-17+. The van der Waals surface area contributed by atoms with Crippen LogP contribution in [0.15, 0.2) is 52.3 Å². The van der Waals surface area contributed by atoms with E-state index in [1.807, 2.05) is 19.1 Å². The molecule has 0 atom stereocenters. The normalized spacial score (nSPS) is 16.8. The van der Waals surface area contributed by atoms with Crippen LogP contribution in [0.4, 0.5) is 15.9 Å². The Morgan fingerprint density at radius 3 is 2.46 bits per heavy atom. The molecule has 0 aliphatic carbocycles. The molecule has 0 bridgehead atoms. The van der Waals surface area contributed by atoms with Crippen LogP contribution in [0.25, 0.3) is 11.7 Å². The van der Waals surface area contributed by atoms with Gasteiger partial charge in [0.05, 0.1) is 10.5 Å². The molecule has 9 nitrogen and oxygen atoms in total. The van der Waals surface area contributed by atoms with Crippen LogP contribution in [-0.4, -0.2) is 68.3 Å². The topological polar surface area (TPSA) is 98.5 Å². The molecule has 2 saturated heterocycles. The highest BCUT2D eigenvalue weighted by molar-refractivity contribution is 8.26. The summed E-state index contributed by atoms with van der Waals surface area (Å²) in [5, 5.41) is 8.83. The average Bonchev–Trinajstić information content (AvgIpc) is 3.22. The van der Waals surface area contributed by atoms with Crippen LogP contribution >= 0.6 is 24.0 Å². The summed E-state index contributed by atoms with van der Waals surface area (Å²) in [4.78, 5) is 48.8. The van der Waals surface area contributed by atoms with Gasteiger partial charge in [0, 0.05) is 51.0 Å². The zero-order chi connectivity index (χ0) is 29.1. The van der Waals surface area contributed by atoms with Gasteiger partial charge in [-0.25, -0.2) is 9.37 Å². The van der Waals surface area contributed by atoms with Crippen LogP contribution < -0.4 is 15.4 Å². The first-order valence-corrected chi connectivity index (χ1v) is 14.7. The van der Waals surface area contributed by atoms with Gasteiger partial charge < -0.3 is 14.9 Å². The lowest BCUT2D eigenvalue weighted by atomic mass is 10.2. The number of nitrogens with zero attached hydrogens (tertiary/aromatic N) is 5. The van der Waals surface area contributed by atoms with Crippen LogP contribution in [0, 0.1) is 12.7 Å². The van der Waals surface area contributed by atoms with E-state index in [9.17, 15) is 18.8 Å². The maximum Gasteiger partial charge on any atom is 0.303 e. The van der Waals surface area contributed by atoms with Crippen molar-refractivity contribution in [3.05, 3.63) is 74.8 Å². The average molecular weight is 596 g/mol. The number of thiocarbonyl (C=S) groups is 1. The summed E-state index contributed by atoms with van der Waals surface area (Å²) in [5.41, 5.74) is 2.41. The molecular formula is C29H30FN5O4S2. The summed E-state index contributed by atoms with van der Waals surface area (Å²) in [6.07, 6.45) is 5.28. The van der Waals surface area contributed by atoms with Gasteiger partial charge in [0.15, 0.2) is 0 Å². The Hall–Kier alpha value is -3.77. The molecule has 2 aliphatic rings. The molecule has 0 unspecified atom stereocenters. The van der Waals surface area contributed by atoms with Crippen LogP contribution in [0.5, 0.6) is 0 Å². The first kappa shape index (κ1) is 28.7. The Balaban J connectivity index is 1.41. The minimum atomic E-state index is -0.836. The number of hydrogen-bond acceptors (Lipinski definition) is 8. The van der Waals surface area contributed by atoms with Crippen LogP contribution in [-0.2, 0) is 9.59 Å². The minimum Gasteiger partial charge on any atom is -0.481 e. The molecule has 5 rings (SSSR count). The van der Waals surface area contributed by atoms with Gasteiger partial charge in [-0.05, 0) is 61.7 Å². The third-order valence-electron chi connectivity index (χ3n) is 7.18. The number of amides is 1. The van der Waals surface area contributed by atoms with Gasteiger partial charge >= 0.3 is 5.97 Å². The molecule has 0 radical (unpaired) electrons. The summed E-state index contributed by atoms with van der Waals surface area (Å²) in [5.74, 6) is -0.871. The summed E-state index contributed by atoms with van der Waals surface area (Å²) >= 11 is 6.64. The molecule has 2 aliphatic heterocycles. The molecule has 2 fully saturated rings. The predicted octanol–water partition coefficient (Wildman–Crippen LogP) is 4.31. The van der Waals surface area contributed by atoms with Crippen LogP contribution in [0.2, 0.25) is 0 Å². The number of carbonyl (C=O) groups is 2. The zero-order valence-corrected chi connectivity index (χ0v) is 24.2. The second kappa shape index (κ2) is 12.4. The fourth-order valence-corrected chi connectivity index (χ4v) is 6.28. The Kier molecular flexibility index (Phi) is 8.69. The van der Waals surface area contributed by atoms with Gasteiger partial charge in [-0.1, -0.05) is 36.5 Å². The third kappa shape index (κ3) is 6.43. The molecule has 41 heavy (non-hydrogen) atoms. The van der Waals surface area contributed by atoms with Crippen molar-refractivity contribution in [2.75, 3.05) is 42.5 Å². The minimum absolute atomic E-state index is 0.0949. The molecule has 1 N–H and O–H groups in total. The number of aliphatic carboxylic acids is 1. The van der Waals surface area contributed by atoms with E-state index < -0.39 is 5.97 Å². The SMILES string of the molecule is Cc1ccc2nc(N3CCN(c4ccc(F)cc4)CC3)c(/C=C3/SC(=S)N(CCCCCC(=O)O)C3=O)c(=O)n2c1. The zero-order valence-electron chi connectivity index (χ0n) is 22.6. The maximum atomic E-state index is 13.8. The Morgan fingerprint density at radius 2 is 1.76 bits per heavy atom. The monoisotopic (exact) mass is 595 g/mol. The predicted molar refractivity (Wildman–Crippen MR) is 163 cm³/mol. The molecule has 1 amide bonds.